The van der Waals surface area contributed by atoms with Crippen LogP contribution in [0, 0.1) is 5.92 Å². The van der Waals surface area contributed by atoms with Crippen molar-refractivity contribution in [3.63, 3.8) is 0 Å². The molecule has 0 bridgehead atoms. The van der Waals surface area contributed by atoms with Crippen LogP contribution in [-0.4, -0.2) is 86.7 Å². The molecule has 1 fully saturated rings. The van der Waals surface area contributed by atoms with Crippen LogP contribution in [0.25, 0.3) is 0 Å². The van der Waals surface area contributed by atoms with Crippen molar-refractivity contribution in [2.24, 2.45) is 5.92 Å². The van der Waals surface area contributed by atoms with Gasteiger partial charge in [0.2, 0.25) is 11.8 Å². The van der Waals surface area contributed by atoms with Crippen molar-refractivity contribution in [3.8, 4) is 0 Å². The van der Waals surface area contributed by atoms with Crippen LogP contribution >= 0.6 is 0 Å². The number of benzene rings is 1. The second kappa shape index (κ2) is 12.9. The third-order valence-corrected chi connectivity index (χ3v) is 6.74. The molecular weight excluding hydrogens is 416 g/mol. The number of hydrogen-bond donors (Lipinski definition) is 1. The van der Waals surface area contributed by atoms with Gasteiger partial charge >= 0.3 is 0 Å². The largest absolute Gasteiger partial charge is 0.379 e. The van der Waals surface area contributed by atoms with Crippen LogP contribution in [0.2, 0.25) is 0 Å². The lowest BCUT2D eigenvalue weighted by molar-refractivity contribution is -0.140. The van der Waals surface area contributed by atoms with Crippen LogP contribution < -0.4 is 10.2 Å². The SMILES string of the molecule is CC(C)CCNC(=O)C(C)N(CCCN1CCOCC1)C(=O)CCN1CCc2ccccc21. The van der Waals surface area contributed by atoms with Crippen LogP contribution in [0.3, 0.4) is 0 Å². The molecule has 0 aliphatic carbocycles. The molecule has 1 N–H and O–H groups in total. The summed E-state index contributed by atoms with van der Waals surface area (Å²) < 4.78 is 5.43. The molecule has 2 aliphatic rings. The summed E-state index contributed by atoms with van der Waals surface area (Å²) in [4.78, 5) is 32.6. The van der Waals surface area contributed by atoms with E-state index in [1.807, 2.05) is 6.92 Å². The summed E-state index contributed by atoms with van der Waals surface area (Å²) in [5.41, 5.74) is 2.59. The summed E-state index contributed by atoms with van der Waals surface area (Å²) in [6.07, 6.45) is 3.26. The molecule has 1 aromatic carbocycles. The summed E-state index contributed by atoms with van der Waals surface area (Å²) in [6, 6.07) is 7.97. The Bertz CT molecular complexity index is 764. The molecule has 2 amide bonds. The Morgan fingerprint density at radius 3 is 2.61 bits per heavy atom. The fourth-order valence-corrected chi connectivity index (χ4v) is 4.61. The molecule has 1 unspecified atom stereocenters. The Kier molecular flexibility index (Phi) is 10.0. The Labute approximate surface area is 199 Å². The minimum Gasteiger partial charge on any atom is -0.379 e. The average Bonchev–Trinajstić information content (AvgIpc) is 3.23. The second-order valence-corrected chi connectivity index (χ2v) is 9.66. The highest BCUT2D eigenvalue weighted by molar-refractivity contribution is 5.87. The number of nitrogens with one attached hydrogen (secondary N) is 1. The first kappa shape index (κ1) is 25.5. The molecule has 0 spiro atoms. The van der Waals surface area contributed by atoms with Gasteiger partial charge in [0.05, 0.1) is 13.2 Å². The van der Waals surface area contributed by atoms with Crippen molar-refractivity contribution in [3.05, 3.63) is 29.8 Å². The number of carbonyl (C=O) groups is 2. The maximum atomic E-state index is 13.3. The first-order valence-electron chi connectivity index (χ1n) is 12.7. The highest BCUT2D eigenvalue weighted by Crippen LogP contribution is 2.27. The van der Waals surface area contributed by atoms with E-state index in [0.29, 0.717) is 32.0 Å². The molecule has 1 atom stereocenters. The van der Waals surface area contributed by atoms with Gasteiger partial charge in [-0.25, -0.2) is 0 Å². The summed E-state index contributed by atoms with van der Waals surface area (Å²) >= 11 is 0. The highest BCUT2D eigenvalue weighted by Gasteiger charge is 2.27. The lowest BCUT2D eigenvalue weighted by Gasteiger charge is -2.31. The first-order chi connectivity index (χ1) is 16.0. The number of fused-ring (bicyclic) bond motifs is 1. The minimum atomic E-state index is -0.458. The predicted molar refractivity (Wildman–Crippen MR) is 132 cm³/mol. The number of carbonyl (C=O) groups excluding carboxylic acids is 2. The van der Waals surface area contributed by atoms with E-state index in [0.717, 1.165) is 58.7 Å². The molecular formula is C26H42N4O3. The Hall–Kier alpha value is -2.12. The molecule has 184 valence electrons. The zero-order valence-corrected chi connectivity index (χ0v) is 20.7. The second-order valence-electron chi connectivity index (χ2n) is 9.66. The van der Waals surface area contributed by atoms with E-state index in [1.165, 1.54) is 11.3 Å². The molecule has 1 saturated heterocycles. The zero-order valence-electron chi connectivity index (χ0n) is 20.7. The average molecular weight is 459 g/mol. The molecule has 7 heteroatoms. The van der Waals surface area contributed by atoms with Crippen molar-refractivity contribution < 1.29 is 14.3 Å². The van der Waals surface area contributed by atoms with E-state index >= 15 is 0 Å². The standard InChI is InChI=1S/C26H42N4O3/c1-21(2)9-12-27-26(32)22(3)30(14-6-13-28-17-19-33-20-18-28)25(31)11-16-29-15-10-23-7-4-5-8-24(23)29/h4-5,7-8,21-22H,6,9-20H2,1-3H3,(H,27,32). The van der Waals surface area contributed by atoms with Gasteiger partial charge in [-0.2, -0.15) is 0 Å². The van der Waals surface area contributed by atoms with Gasteiger partial charge in [-0.3, -0.25) is 14.5 Å². The number of anilines is 1. The Balaban J connectivity index is 1.55. The Morgan fingerprint density at radius 1 is 1.09 bits per heavy atom. The molecule has 7 nitrogen and oxygen atoms in total. The molecule has 2 heterocycles. The monoisotopic (exact) mass is 458 g/mol. The van der Waals surface area contributed by atoms with Gasteiger partial charge in [0.25, 0.3) is 0 Å². The predicted octanol–water partition coefficient (Wildman–Crippen LogP) is 2.54. The zero-order chi connectivity index (χ0) is 23.6. The first-order valence-corrected chi connectivity index (χ1v) is 12.7. The lowest BCUT2D eigenvalue weighted by atomic mass is 10.1. The van der Waals surface area contributed by atoms with Crippen LogP contribution in [0.1, 0.15) is 45.6 Å². The third kappa shape index (κ3) is 7.71. The topological polar surface area (TPSA) is 65.1 Å². The number of para-hydroxylation sites is 1. The highest BCUT2D eigenvalue weighted by atomic mass is 16.5. The van der Waals surface area contributed by atoms with Crippen molar-refractivity contribution in [1.29, 1.82) is 0 Å². The molecule has 3 rings (SSSR count). The smallest absolute Gasteiger partial charge is 0.242 e. The number of morpholine rings is 1. The van der Waals surface area contributed by atoms with Crippen molar-refractivity contribution in [2.75, 3.05) is 63.9 Å². The van der Waals surface area contributed by atoms with Crippen LogP contribution in [0.4, 0.5) is 5.69 Å². The number of rotatable bonds is 12. The van der Waals surface area contributed by atoms with Gasteiger partial charge < -0.3 is 19.9 Å². The third-order valence-electron chi connectivity index (χ3n) is 6.74. The quantitative estimate of drug-likeness (QED) is 0.522. The van der Waals surface area contributed by atoms with Crippen molar-refractivity contribution >= 4 is 17.5 Å². The van der Waals surface area contributed by atoms with Gasteiger partial charge in [-0.05, 0) is 43.7 Å². The summed E-state index contributed by atoms with van der Waals surface area (Å²) in [5.74, 6) is 0.546. The van der Waals surface area contributed by atoms with Gasteiger partial charge in [0.1, 0.15) is 6.04 Å². The van der Waals surface area contributed by atoms with Crippen molar-refractivity contribution in [1.82, 2.24) is 15.1 Å². The van der Waals surface area contributed by atoms with E-state index in [9.17, 15) is 9.59 Å². The lowest BCUT2D eigenvalue weighted by Crippen LogP contribution is -2.49. The molecule has 0 radical (unpaired) electrons. The summed E-state index contributed by atoms with van der Waals surface area (Å²) in [5, 5.41) is 3.03. The minimum absolute atomic E-state index is 0.0538. The van der Waals surface area contributed by atoms with Gasteiger partial charge in [-0.15, -0.1) is 0 Å². The van der Waals surface area contributed by atoms with E-state index < -0.39 is 6.04 Å². The fourth-order valence-electron chi connectivity index (χ4n) is 4.61. The van der Waals surface area contributed by atoms with E-state index in [-0.39, 0.29) is 11.8 Å². The summed E-state index contributed by atoms with van der Waals surface area (Å²) in [6.45, 7) is 13.4. The van der Waals surface area contributed by atoms with Gasteiger partial charge in [0.15, 0.2) is 0 Å². The van der Waals surface area contributed by atoms with Crippen molar-refractivity contribution in [2.45, 2.75) is 52.5 Å². The van der Waals surface area contributed by atoms with Crippen LogP contribution in [0.15, 0.2) is 24.3 Å². The molecule has 0 aromatic heterocycles. The molecule has 0 saturated carbocycles. The Morgan fingerprint density at radius 2 is 1.85 bits per heavy atom. The molecule has 1 aromatic rings. The molecule has 33 heavy (non-hydrogen) atoms. The van der Waals surface area contributed by atoms with E-state index in [1.54, 1.807) is 4.90 Å². The fraction of sp³-hybridized carbons (Fsp3) is 0.692. The number of hydrogen-bond acceptors (Lipinski definition) is 5. The number of amides is 2. The normalized spacial score (nSPS) is 17.2. The number of ether oxygens (including phenoxy) is 1. The van der Waals surface area contributed by atoms with E-state index in [2.05, 4.69) is 53.2 Å². The molecule has 2 aliphatic heterocycles. The van der Waals surface area contributed by atoms with E-state index in [4.69, 9.17) is 4.74 Å². The van der Waals surface area contributed by atoms with Crippen LogP contribution in [0.5, 0.6) is 0 Å². The maximum absolute atomic E-state index is 13.3. The maximum Gasteiger partial charge on any atom is 0.242 e. The van der Waals surface area contributed by atoms with Crippen LogP contribution in [-0.2, 0) is 20.7 Å². The summed E-state index contributed by atoms with van der Waals surface area (Å²) in [7, 11) is 0. The van der Waals surface area contributed by atoms with Gasteiger partial charge in [0, 0.05) is 57.9 Å². The van der Waals surface area contributed by atoms with Gasteiger partial charge in [-0.1, -0.05) is 32.0 Å². The number of nitrogens with zero attached hydrogens (tertiary/aromatic N) is 3.